The number of hydrogen-bond acceptors (Lipinski definition) is 5. The van der Waals surface area contributed by atoms with Gasteiger partial charge in [0.05, 0.1) is 12.5 Å². The summed E-state index contributed by atoms with van der Waals surface area (Å²) in [5.41, 5.74) is 1.06. The van der Waals surface area contributed by atoms with Crippen molar-refractivity contribution in [2.75, 3.05) is 13.7 Å². The van der Waals surface area contributed by atoms with Gasteiger partial charge in [-0.2, -0.15) is 5.10 Å². The summed E-state index contributed by atoms with van der Waals surface area (Å²) in [5, 5.41) is 16.7. The second-order valence-corrected chi connectivity index (χ2v) is 5.42. The van der Waals surface area contributed by atoms with Crippen molar-refractivity contribution < 1.29 is 19.4 Å². The molecule has 1 aromatic rings. The lowest BCUT2D eigenvalue weighted by molar-refractivity contribution is -0.149. The maximum Gasteiger partial charge on any atom is 0.358 e. The Bertz CT molecular complexity index is 547. The smallest absolute Gasteiger partial charge is 0.358 e. The molecule has 1 heterocycles. The van der Waals surface area contributed by atoms with Crippen molar-refractivity contribution in [2.24, 2.45) is 12.5 Å². The predicted molar refractivity (Wildman–Crippen MR) is 81.6 cm³/mol. The second-order valence-electron chi connectivity index (χ2n) is 5.42. The molecule has 0 saturated heterocycles. The minimum Gasteiger partial charge on any atom is -0.481 e. The molecule has 0 spiro atoms. The molecule has 0 bridgehead atoms. The van der Waals surface area contributed by atoms with E-state index in [-0.39, 0.29) is 5.69 Å². The van der Waals surface area contributed by atoms with Crippen molar-refractivity contribution in [3.8, 4) is 0 Å². The van der Waals surface area contributed by atoms with Crippen molar-refractivity contribution in [1.29, 1.82) is 0 Å². The van der Waals surface area contributed by atoms with Crippen LogP contribution in [-0.2, 0) is 23.1 Å². The lowest BCUT2D eigenvalue weighted by atomic mass is 9.82. The van der Waals surface area contributed by atoms with Crippen LogP contribution < -0.4 is 5.32 Å². The summed E-state index contributed by atoms with van der Waals surface area (Å²) in [4.78, 5) is 23.2. The Morgan fingerprint density at radius 1 is 1.36 bits per heavy atom. The fourth-order valence-electron chi connectivity index (χ4n) is 2.43. The first kappa shape index (κ1) is 18.2. The van der Waals surface area contributed by atoms with Crippen molar-refractivity contribution in [1.82, 2.24) is 15.1 Å². The second kappa shape index (κ2) is 7.40. The van der Waals surface area contributed by atoms with E-state index >= 15 is 0 Å². The summed E-state index contributed by atoms with van der Waals surface area (Å²) in [6, 6.07) is 0. The fourth-order valence-corrected chi connectivity index (χ4v) is 2.43. The van der Waals surface area contributed by atoms with E-state index in [1.54, 1.807) is 11.7 Å². The van der Waals surface area contributed by atoms with Crippen molar-refractivity contribution in [3.05, 3.63) is 17.0 Å². The van der Waals surface area contributed by atoms with Crippen LogP contribution in [0.4, 0.5) is 0 Å². The Morgan fingerprint density at radius 3 is 2.41 bits per heavy atom. The highest BCUT2D eigenvalue weighted by atomic mass is 16.5. The Morgan fingerprint density at radius 2 is 1.95 bits per heavy atom. The molecule has 1 rings (SSSR count). The number of carbonyl (C=O) groups excluding carboxylic acids is 1. The van der Waals surface area contributed by atoms with E-state index in [2.05, 4.69) is 10.4 Å². The van der Waals surface area contributed by atoms with Crippen LogP contribution in [0.1, 0.15) is 48.4 Å². The third kappa shape index (κ3) is 3.47. The molecule has 7 nitrogen and oxygen atoms in total. The van der Waals surface area contributed by atoms with Gasteiger partial charge in [-0.05, 0) is 19.8 Å². The average Bonchev–Trinajstić information content (AvgIpc) is 2.79. The minimum absolute atomic E-state index is 0.268. The van der Waals surface area contributed by atoms with E-state index in [1.165, 1.54) is 7.11 Å². The average molecular weight is 311 g/mol. The molecule has 0 aliphatic rings. The van der Waals surface area contributed by atoms with Gasteiger partial charge in [0.1, 0.15) is 0 Å². The number of nitrogens with zero attached hydrogens (tertiary/aromatic N) is 2. The van der Waals surface area contributed by atoms with Crippen molar-refractivity contribution in [2.45, 2.75) is 40.2 Å². The van der Waals surface area contributed by atoms with Crippen LogP contribution in [0.5, 0.6) is 0 Å². The van der Waals surface area contributed by atoms with Crippen LogP contribution in [0.3, 0.4) is 0 Å². The van der Waals surface area contributed by atoms with Crippen LogP contribution in [0, 0.1) is 12.3 Å². The molecule has 1 aromatic heterocycles. The largest absolute Gasteiger partial charge is 0.481 e. The molecule has 0 aromatic carbocycles. The van der Waals surface area contributed by atoms with Crippen LogP contribution in [0.15, 0.2) is 0 Å². The van der Waals surface area contributed by atoms with Crippen LogP contribution in [0.25, 0.3) is 0 Å². The monoisotopic (exact) mass is 311 g/mol. The van der Waals surface area contributed by atoms with Crippen LogP contribution in [0.2, 0.25) is 0 Å². The third-order valence-corrected chi connectivity index (χ3v) is 4.41. The molecule has 0 atom stereocenters. The molecule has 0 fully saturated rings. The minimum atomic E-state index is -0.805. The zero-order chi connectivity index (χ0) is 16.9. The molecule has 0 aliphatic heterocycles. The molecule has 7 heteroatoms. The maximum atomic E-state index is 11.8. The Labute approximate surface area is 130 Å². The summed E-state index contributed by atoms with van der Waals surface area (Å²) in [5.74, 6) is -1.29. The molecule has 0 amide bonds. The summed E-state index contributed by atoms with van der Waals surface area (Å²) >= 11 is 0. The number of carboxylic acids is 1. The van der Waals surface area contributed by atoms with Gasteiger partial charge in [-0.25, -0.2) is 4.79 Å². The summed E-state index contributed by atoms with van der Waals surface area (Å²) < 4.78 is 6.35. The predicted octanol–water partition coefficient (Wildman–Crippen LogP) is 1.50. The molecule has 124 valence electrons. The van der Waals surface area contributed by atoms with E-state index in [9.17, 15) is 14.7 Å². The van der Waals surface area contributed by atoms with Gasteiger partial charge in [0, 0.05) is 31.4 Å². The fraction of sp³-hybridized carbons (Fsp3) is 0.667. The number of methoxy groups -OCH3 is 1. The number of aliphatic carboxylic acids is 1. The van der Waals surface area contributed by atoms with Gasteiger partial charge in [-0.15, -0.1) is 0 Å². The third-order valence-electron chi connectivity index (χ3n) is 4.41. The highest BCUT2D eigenvalue weighted by Crippen LogP contribution is 2.26. The number of esters is 1. The number of aromatic nitrogens is 2. The first-order valence-electron chi connectivity index (χ1n) is 7.37. The van der Waals surface area contributed by atoms with Crippen LogP contribution in [-0.4, -0.2) is 40.5 Å². The Balaban J connectivity index is 2.89. The SMILES string of the molecule is CCC(CC)(CNCc1c(C(=O)OC)nn(C)c1C)C(=O)O. The highest BCUT2D eigenvalue weighted by molar-refractivity contribution is 5.89. The first-order chi connectivity index (χ1) is 10.3. The number of ether oxygens (including phenoxy) is 1. The van der Waals surface area contributed by atoms with E-state index in [1.807, 2.05) is 20.8 Å². The molecule has 2 N–H and O–H groups in total. The zero-order valence-electron chi connectivity index (χ0n) is 13.9. The molecular weight excluding hydrogens is 286 g/mol. The lowest BCUT2D eigenvalue weighted by Gasteiger charge is -2.27. The molecule has 0 unspecified atom stereocenters. The van der Waals surface area contributed by atoms with E-state index < -0.39 is 17.4 Å². The first-order valence-corrected chi connectivity index (χ1v) is 7.37. The quantitative estimate of drug-likeness (QED) is 0.707. The maximum absolute atomic E-state index is 11.8. The number of nitrogens with one attached hydrogen (secondary N) is 1. The summed E-state index contributed by atoms with van der Waals surface area (Å²) in [6.07, 6.45) is 1.09. The normalized spacial score (nSPS) is 11.5. The Hall–Kier alpha value is -1.89. The van der Waals surface area contributed by atoms with Crippen molar-refractivity contribution >= 4 is 11.9 Å². The van der Waals surface area contributed by atoms with E-state index in [0.29, 0.717) is 25.9 Å². The molecule has 0 saturated carbocycles. The number of carbonyl (C=O) groups is 2. The summed E-state index contributed by atoms with van der Waals surface area (Å²) in [7, 11) is 3.07. The number of carboxylic acid groups (broad SMARTS) is 1. The van der Waals surface area contributed by atoms with Gasteiger partial charge in [-0.3, -0.25) is 9.48 Å². The van der Waals surface area contributed by atoms with Gasteiger partial charge in [-0.1, -0.05) is 13.8 Å². The van der Waals surface area contributed by atoms with Crippen LogP contribution >= 0.6 is 0 Å². The lowest BCUT2D eigenvalue weighted by Crippen LogP contribution is -2.40. The van der Waals surface area contributed by atoms with E-state index in [4.69, 9.17) is 4.74 Å². The number of aryl methyl sites for hydroxylation is 1. The molecule has 22 heavy (non-hydrogen) atoms. The summed E-state index contributed by atoms with van der Waals surface area (Å²) in [6.45, 7) is 6.31. The van der Waals surface area contributed by atoms with Gasteiger partial charge in [0.15, 0.2) is 5.69 Å². The van der Waals surface area contributed by atoms with E-state index in [0.717, 1.165) is 11.3 Å². The van der Waals surface area contributed by atoms with Gasteiger partial charge >= 0.3 is 11.9 Å². The topological polar surface area (TPSA) is 93.5 Å². The Kier molecular flexibility index (Phi) is 6.11. The zero-order valence-corrected chi connectivity index (χ0v) is 13.9. The van der Waals surface area contributed by atoms with Gasteiger partial charge in [0.2, 0.25) is 0 Å². The number of hydrogen-bond donors (Lipinski definition) is 2. The van der Waals surface area contributed by atoms with Crippen molar-refractivity contribution in [3.63, 3.8) is 0 Å². The molecular formula is C15H25N3O4. The highest BCUT2D eigenvalue weighted by Gasteiger charge is 2.34. The van der Waals surface area contributed by atoms with Gasteiger partial charge < -0.3 is 15.2 Å². The van der Waals surface area contributed by atoms with Gasteiger partial charge in [0.25, 0.3) is 0 Å². The standard InChI is InChI=1S/C15H25N3O4/c1-6-15(7-2,14(20)21)9-16-8-11-10(3)18(4)17-12(11)13(19)22-5/h16H,6-9H2,1-5H3,(H,20,21). The number of rotatable bonds is 8. The molecule has 0 aliphatic carbocycles. The molecule has 0 radical (unpaired) electrons.